The van der Waals surface area contributed by atoms with E-state index in [0.29, 0.717) is 16.8 Å². The van der Waals surface area contributed by atoms with Crippen molar-refractivity contribution in [3.63, 3.8) is 0 Å². The molecule has 1 N–H and O–H groups in total. The van der Waals surface area contributed by atoms with Crippen molar-refractivity contribution in [3.05, 3.63) is 52.7 Å². The number of nitrogens with one attached hydrogen (secondary N) is 1. The van der Waals surface area contributed by atoms with Crippen LogP contribution >= 0.6 is 11.3 Å². The van der Waals surface area contributed by atoms with Crippen LogP contribution in [0.3, 0.4) is 0 Å². The molecule has 32 heavy (non-hydrogen) atoms. The lowest BCUT2D eigenvalue weighted by molar-refractivity contribution is -0.143. The van der Waals surface area contributed by atoms with Crippen LogP contribution in [0.1, 0.15) is 41.9 Å². The van der Waals surface area contributed by atoms with Crippen LogP contribution in [0, 0.1) is 6.92 Å². The number of hydrogen-bond acceptors (Lipinski definition) is 5. The van der Waals surface area contributed by atoms with Gasteiger partial charge in [0.1, 0.15) is 0 Å². The molecule has 6 nitrogen and oxygen atoms in total. The number of halogens is 3. The van der Waals surface area contributed by atoms with Gasteiger partial charge in [0.05, 0.1) is 17.5 Å². The van der Waals surface area contributed by atoms with Crippen molar-refractivity contribution in [1.29, 1.82) is 0 Å². The van der Waals surface area contributed by atoms with Crippen LogP contribution in [0.2, 0.25) is 0 Å². The van der Waals surface area contributed by atoms with Gasteiger partial charge in [-0.1, -0.05) is 37.6 Å². The Balaban J connectivity index is 1.81. The molecule has 0 atom stereocenters. The number of aryl methyl sites for hydroxylation is 1. The summed E-state index contributed by atoms with van der Waals surface area (Å²) in [5, 5.41) is 8.17. The monoisotopic (exact) mass is 465 g/mol. The molecule has 0 saturated carbocycles. The van der Waals surface area contributed by atoms with Gasteiger partial charge >= 0.3 is 6.18 Å². The molecule has 0 fully saturated rings. The van der Waals surface area contributed by atoms with Crippen molar-refractivity contribution in [1.82, 2.24) is 25.0 Å². The maximum atomic E-state index is 13.9. The van der Waals surface area contributed by atoms with Gasteiger partial charge in [-0.3, -0.25) is 4.79 Å². The fourth-order valence-electron chi connectivity index (χ4n) is 3.37. The summed E-state index contributed by atoms with van der Waals surface area (Å²) in [6.07, 6.45) is -3.16. The molecule has 172 valence electrons. The quantitative estimate of drug-likeness (QED) is 0.462. The molecule has 0 unspecified atom stereocenters. The van der Waals surface area contributed by atoms with Crippen LogP contribution in [0.25, 0.3) is 16.4 Å². The van der Waals surface area contributed by atoms with E-state index in [-0.39, 0.29) is 11.7 Å². The summed E-state index contributed by atoms with van der Waals surface area (Å²) in [7, 11) is 0. The van der Waals surface area contributed by atoms with E-state index in [2.05, 4.69) is 20.3 Å². The zero-order valence-corrected chi connectivity index (χ0v) is 19.1. The average Bonchev–Trinajstić information content (AvgIpc) is 3.41. The molecule has 3 aromatic rings. The molecule has 1 amide bonds. The number of alkyl halides is 3. The highest BCUT2D eigenvalue weighted by Gasteiger charge is 2.41. The molecule has 10 heteroatoms. The molecule has 0 aliphatic rings. The second-order valence-corrected chi connectivity index (χ2v) is 8.17. The second kappa shape index (κ2) is 10.3. The van der Waals surface area contributed by atoms with E-state index < -0.39 is 23.3 Å². The topological polar surface area (TPSA) is 63.1 Å². The molecule has 0 bridgehead atoms. The molecule has 0 spiro atoms. The third-order valence-corrected chi connectivity index (χ3v) is 5.92. The molecular formula is C22H26F3N5OS. The Labute approximate surface area is 189 Å². The van der Waals surface area contributed by atoms with Crippen LogP contribution in [-0.4, -0.2) is 51.8 Å². The van der Waals surface area contributed by atoms with Crippen molar-refractivity contribution in [2.45, 2.75) is 33.4 Å². The summed E-state index contributed by atoms with van der Waals surface area (Å²) in [4.78, 5) is 19.0. The first kappa shape index (κ1) is 23.9. The fraction of sp³-hybridized carbons (Fsp3) is 0.409. The van der Waals surface area contributed by atoms with Crippen molar-refractivity contribution >= 4 is 17.2 Å². The van der Waals surface area contributed by atoms with Crippen molar-refractivity contribution in [3.8, 4) is 16.4 Å². The minimum absolute atomic E-state index is 0.0504. The number of amides is 1. The van der Waals surface area contributed by atoms with Crippen LogP contribution in [0.4, 0.5) is 13.2 Å². The molecule has 0 radical (unpaired) electrons. The van der Waals surface area contributed by atoms with E-state index in [1.165, 1.54) is 0 Å². The molecule has 0 aliphatic heterocycles. The van der Waals surface area contributed by atoms with Gasteiger partial charge in [-0.2, -0.15) is 18.3 Å². The van der Waals surface area contributed by atoms with Gasteiger partial charge in [-0.05, 0) is 39.0 Å². The summed E-state index contributed by atoms with van der Waals surface area (Å²) in [5.74, 6) is -0.793. The molecule has 0 aliphatic carbocycles. The smallest absolute Gasteiger partial charge is 0.352 e. The van der Waals surface area contributed by atoms with E-state index in [1.807, 2.05) is 45.0 Å². The summed E-state index contributed by atoms with van der Waals surface area (Å²) >= 11 is 1.04. The van der Waals surface area contributed by atoms with Gasteiger partial charge < -0.3 is 10.2 Å². The Bertz CT molecular complexity index is 1060. The van der Waals surface area contributed by atoms with E-state index >= 15 is 0 Å². The van der Waals surface area contributed by atoms with Gasteiger partial charge in [-0.15, -0.1) is 11.3 Å². The van der Waals surface area contributed by atoms with E-state index in [0.717, 1.165) is 48.3 Å². The highest BCUT2D eigenvalue weighted by atomic mass is 32.1. The number of thiazole rings is 1. The molecule has 0 saturated heterocycles. The minimum Gasteiger partial charge on any atom is -0.352 e. The Morgan fingerprint density at radius 2 is 2.00 bits per heavy atom. The number of carbonyl (C=O) groups is 1. The first-order valence-corrected chi connectivity index (χ1v) is 11.3. The zero-order valence-electron chi connectivity index (χ0n) is 18.2. The maximum Gasteiger partial charge on any atom is 0.434 e. The first-order valence-electron chi connectivity index (χ1n) is 10.4. The largest absolute Gasteiger partial charge is 0.434 e. The van der Waals surface area contributed by atoms with Crippen molar-refractivity contribution in [2.24, 2.45) is 0 Å². The normalized spacial score (nSPS) is 11.8. The number of rotatable bonds is 9. The van der Waals surface area contributed by atoms with E-state index in [1.54, 1.807) is 5.38 Å². The predicted octanol–water partition coefficient (Wildman–Crippen LogP) is 4.78. The summed E-state index contributed by atoms with van der Waals surface area (Å²) in [5.41, 5.74) is 0.753. The molecule has 1 aromatic carbocycles. The third kappa shape index (κ3) is 5.55. The Morgan fingerprint density at radius 1 is 1.25 bits per heavy atom. The summed E-state index contributed by atoms with van der Waals surface area (Å²) in [6.45, 7) is 8.82. The van der Waals surface area contributed by atoms with Gasteiger partial charge in [-0.25, -0.2) is 9.67 Å². The Morgan fingerprint density at radius 3 is 2.66 bits per heavy atom. The van der Waals surface area contributed by atoms with Crippen molar-refractivity contribution in [2.75, 3.05) is 26.2 Å². The average molecular weight is 466 g/mol. The van der Waals surface area contributed by atoms with Crippen LogP contribution in [-0.2, 0) is 6.18 Å². The SMILES string of the molecule is CCN(CC)CCCNC(=O)c1cnn(-c2nc(-c3cccc(C)c3)cs2)c1C(F)(F)F. The number of nitrogens with zero attached hydrogens (tertiary/aromatic N) is 4. The van der Waals surface area contributed by atoms with Crippen molar-refractivity contribution < 1.29 is 18.0 Å². The van der Waals surface area contributed by atoms with Gasteiger partial charge in [0.2, 0.25) is 5.13 Å². The lowest BCUT2D eigenvalue weighted by atomic mass is 10.1. The number of carbonyl (C=O) groups excluding carboxylic acids is 1. The predicted molar refractivity (Wildman–Crippen MR) is 119 cm³/mol. The summed E-state index contributed by atoms with van der Waals surface area (Å²) < 4.78 is 42.4. The van der Waals surface area contributed by atoms with Crippen LogP contribution < -0.4 is 5.32 Å². The minimum atomic E-state index is -4.76. The van der Waals surface area contributed by atoms with Gasteiger partial charge in [0, 0.05) is 17.5 Å². The number of benzene rings is 1. The number of hydrogen-bond donors (Lipinski definition) is 1. The van der Waals surface area contributed by atoms with E-state index in [4.69, 9.17) is 0 Å². The number of aromatic nitrogens is 3. The Kier molecular flexibility index (Phi) is 7.68. The highest BCUT2D eigenvalue weighted by Crippen LogP contribution is 2.35. The van der Waals surface area contributed by atoms with Crippen LogP contribution in [0.15, 0.2) is 35.8 Å². The maximum absolute atomic E-state index is 13.9. The zero-order chi connectivity index (χ0) is 23.3. The second-order valence-electron chi connectivity index (χ2n) is 7.34. The summed E-state index contributed by atoms with van der Waals surface area (Å²) in [6, 6.07) is 7.54. The van der Waals surface area contributed by atoms with Gasteiger partial charge in [0.25, 0.3) is 5.91 Å². The highest BCUT2D eigenvalue weighted by molar-refractivity contribution is 7.12. The molecule has 3 rings (SSSR count). The molecule has 2 heterocycles. The fourth-order valence-corrected chi connectivity index (χ4v) is 4.17. The lowest BCUT2D eigenvalue weighted by Crippen LogP contribution is -2.31. The first-order chi connectivity index (χ1) is 15.2. The van der Waals surface area contributed by atoms with Crippen LogP contribution in [0.5, 0.6) is 0 Å². The molecule has 2 aromatic heterocycles. The standard InChI is InChI=1S/C22H26F3N5OS/c1-4-29(5-2)11-7-10-26-20(31)17-13-27-30(19(17)22(23,24)25)21-28-18(14-32-21)16-9-6-8-15(3)12-16/h6,8-9,12-14H,4-5,7,10-11H2,1-3H3,(H,26,31). The van der Waals surface area contributed by atoms with E-state index in [9.17, 15) is 18.0 Å². The Hall–Kier alpha value is -2.72. The van der Waals surface area contributed by atoms with Gasteiger partial charge in [0.15, 0.2) is 5.69 Å². The lowest BCUT2D eigenvalue weighted by Gasteiger charge is -2.17. The molecular weight excluding hydrogens is 439 g/mol. The third-order valence-electron chi connectivity index (χ3n) is 5.10.